The Morgan fingerprint density at radius 2 is 1.87 bits per heavy atom. The molecule has 1 aliphatic rings. The van der Waals surface area contributed by atoms with E-state index in [0.29, 0.717) is 47.8 Å². The second-order valence-electron chi connectivity index (χ2n) is 7.30. The number of aryl methyl sites for hydroxylation is 1. The topological polar surface area (TPSA) is 30.9 Å². The van der Waals surface area contributed by atoms with Crippen LogP contribution in [-0.4, -0.2) is 50.7 Å². The number of hydrogen-bond acceptors (Lipinski definition) is 4. The maximum Gasteiger partial charge on any atom is 0.573 e. The van der Waals surface area contributed by atoms with E-state index >= 15 is 0 Å². The number of morpholine rings is 1. The van der Waals surface area contributed by atoms with E-state index in [9.17, 15) is 17.6 Å². The second kappa shape index (κ2) is 10.2. The summed E-state index contributed by atoms with van der Waals surface area (Å²) in [5.41, 5.74) is 1.77. The van der Waals surface area contributed by atoms with Crippen molar-refractivity contribution in [1.82, 2.24) is 4.90 Å². The lowest BCUT2D eigenvalue weighted by Gasteiger charge is -2.26. The van der Waals surface area contributed by atoms with Gasteiger partial charge < -0.3 is 14.2 Å². The molecule has 0 unspecified atom stereocenters. The van der Waals surface area contributed by atoms with Crippen LogP contribution in [0, 0.1) is 12.7 Å². The minimum atomic E-state index is -4.81. The number of alkyl halides is 3. The van der Waals surface area contributed by atoms with E-state index in [1.165, 1.54) is 30.3 Å². The summed E-state index contributed by atoms with van der Waals surface area (Å²) in [4.78, 5) is 2.27. The van der Waals surface area contributed by atoms with Crippen LogP contribution in [-0.2, 0) is 4.74 Å². The van der Waals surface area contributed by atoms with E-state index < -0.39 is 6.36 Å². The van der Waals surface area contributed by atoms with Gasteiger partial charge in [-0.2, -0.15) is 0 Å². The van der Waals surface area contributed by atoms with Crippen molar-refractivity contribution >= 4 is 5.57 Å². The molecule has 168 valence electrons. The van der Waals surface area contributed by atoms with Crippen molar-refractivity contribution in [1.29, 1.82) is 0 Å². The monoisotopic (exact) mass is 439 g/mol. The number of benzene rings is 2. The Morgan fingerprint density at radius 1 is 1.13 bits per heavy atom. The maximum atomic E-state index is 13.6. The third-order valence-corrected chi connectivity index (χ3v) is 5.00. The molecule has 0 aromatic heterocycles. The van der Waals surface area contributed by atoms with Crippen LogP contribution in [0.5, 0.6) is 11.5 Å². The van der Waals surface area contributed by atoms with Gasteiger partial charge in [0, 0.05) is 25.2 Å². The lowest BCUT2D eigenvalue weighted by molar-refractivity contribution is -0.274. The van der Waals surface area contributed by atoms with Gasteiger partial charge in [0.15, 0.2) is 0 Å². The molecule has 2 aromatic rings. The molecule has 1 heterocycles. The van der Waals surface area contributed by atoms with Gasteiger partial charge in [0.2, 0.25) is 0 Å². The molecule has 2 aromatic carbocycles. The summed E-state index contributed by atoms with van der Waals surface area (Å²) >= 11 is 0. The number of halogens is 4. The van der Waals surface area contributed by atoms with E-state index in [1.54, 1.807) is 13.0 Å². The number of hydrogen-bond donors (Lipinski definition) is 0. The van der Waals surface area contributed by atoms with Crippen molar-refractivity contribution in [3.63, 3.8) is 0 Å². The fraction of sp³-hybridized carbons (Fsp3) is 0.391. The summed E-state index contributed by atoms with van der Waals surface area (Å²) < 4.78 is 67.0. The summed E-state index contributed by atoms with van der Waals surface area (Å²) in [5, 5.41) is 0. The first-order valence-electron chi connectivity index (χ1n) is 10.0. The average Bonchev–Trinajstić information content (AvgIpc) is 2.73. The molecule has 1 saturated heterocycles. The molecule has 1 aliphatic heterocycles. The Bertz CT molecular complexity index is 908. The lowest BCUT2D eigenvalue weighted by Crippen LogP contribution is -2.37. The number of rotatable bonds is 8. The molecule has 0 spiro atoms. The maximum absolute atomic E-state index is 13.6. The van der Waals surface area contributed by atoms with Crippen LogP contribution in [0.2, 0.25) is 0 Å². The van der Waals surface area contributed by atoms with Gasteiger partial charge in [-0.3, -0.25) is 4.90 Å². The van der Waals surface area contributed by atoms with Crippen LogP contribution in [0.25, 0.3) is 5.57 Å². The molecule has 0 atom stereocenters. The zero-order valence-corrected chi connectivity index (χ0v) is 17.3. The van der Waals surface area contributed by atoms with E-state index in [-0.39, 0.29) is 11.6 Å². The molecule has 4 nitrogen and oxygen atoms in total. The Balaban J connectivity index is 1.76. The van der Waals surface area contributed by atoms with Crippen molar-refractivity contribution in [2.75, 3.05) is 39.5 Å². The Labute approximate surface area is 179 Å². The third-order valence-electron chi connectivity index (χ3n) is 5.00. The Morgan fingerprint density at radius 3 is 2.55 bits per heavy atom. The third kappa shape index (κ3) is 6.70. The second-order valence-corrected chi connectivity index (χ2v) is 7.30. The van der Waals surface area contributed by atoms with E-state index in [0.717, 1.165) is 26.1 Å². The fourth-order valence-electron chi connectivity index (χ4n) is 3.35. The zero-order chi connectivity index (χ0) is 22.4. The van der Waals surface area contributed by atoms with E-state index in [2.05, 4.69) is 16.2 Å². The summed E-state index contributed by atoms with van der Waals surface area (Å²) in [5.74, 6) is -0.350. The molecule has 8 heteroatoms. The summed E-state index contributed by atoms with van der Waals surface area (Å²) in [6, 6.07) is 8.31. The van der Waals surface area contributed by atoms with Gasteiger partial charge in [0.05, 0.1) is 19.8 Å². The zero-order valence-electron chi connectivity index (χ0n) is 17.3. The average molecular weight is 439 g/mol. The molecular weight excluding hydrogens is 414 g/mol. The van der Waals surface area contributed by atoms with Crippen LogP contribution in [0.1, 0.15) is 23.1 Å². The first-order valence-corrected chi connectivity index (χ1v) is 10.0. The Kier molecular flexibility index (Phi) is 7.56. The first kappa shape index (κ1) is 23.1. The van der Waals surface area contributed by atoms with E-state index in [1.807, 2.05) is 0 Å². The van der Waals surface area contributed by atoms with Gasteiger partial charge in [0.25, 0.3) is 0 Å². The van der Waals surface area contributed by atoms with Crippen molar-refractivity contribution in [3.8, 4) is 11.5 Å². The normalized spacial score (nSPS) is 15.0. The highest BCUT2D eigenvalue weighted by atomic mass is 19.4. The summed E-state index contributed by atoms with van der Waals surface area (Å²) in [7, 11) is 0. The van der Waals surface area contributed by atoms with Crippen molar-refractivity contribution in [2.24, 2.45) is 0 Å². The largest absolute Gasteiger partial charge is 0.573 e. The molecule has 31 heavy (non-hydrogen) atoms. The molecule has 3 rings (SSSR count). The van der Waals surface area contributed by atoms with Gasteiger partial charge in [-0.05, 0) is 60.4 Å². The van der Waals surface area contributed by atoms with Crippen molar-refractivity contribution < 1.29 is 31.8 Å². The molecule has 0 aliphatic carbocycles. The van der Waals surface area contributed by atoms with Crippen LogP contribution >= 0.6 is 0 Å². The van der Waals surface area contributed by atoms with E-state index in [4.69, 9.17) is 9.47 Å². The highest BCUT2D eigenvalue weighted by Gasteiger charge is 2.31. The smallest absolute Gasteiger partial charge is 0.493 e. The molecule has 0 amide bonds. The molecule has 1 fully saturated rings. The molecule has 0 N–H and O–H groups in total. The Hall–Kier alpha value is -2.58. The first-order chi connectivity index (χ1) is 14.7. The number of nitrogens with zero attached hydrogens (tertiary/aromatic N) is 1. The number of ether oxygens (including phenoxy) is 3. The minimum Gasteiger partial charge on any atom is -0.493 e. The fourth-order valence-corrected chi connectivity index (χ4v) is 3.35. The standard InChI is InChI=1S/C23H25F4NO3/c1-16-14-18(4-6-21(16)24)17(2)20-15-19(31-23(25,26)27)5-7-22(20)30-11-3-8-28-9-12-29-13-10-28/h4-7,14-15H,2-3,8-13H2,1H3. The molecule has 0 bridgehead atoms. The quantitative estimate of drug-likeness (QED) is 0.418. The van der Waals surface area contributed by atoms with Crippen molar-refractivity contribution in [2.45, 2.75) is 19.7 Å². The van der Waals surface area contributed by atoms with Gasteiger partial charge in [-0.25, -0.2) is 4.39 Å². The summed E-state index contributed by atoms with van der Waals surface area (Å²) in [6.45, 7) is 10.0. The van der Waals surface area contributed by atoms with Gasteiger partial charge in [0.1, 0.15) is 17.3 Å². The highest BCUT2D eigenvalue weighted by Crippen LogP contribution is 2.35. The molecule has 0 saturated carbocycles. The molecule has 0 radical (unpaired) electrons. The SMILES string of the molecule is C=C(c1ccc(F)c(C)c1)c1cc(OC(F)(F)F)ccc1OCCCN1CCOCC1. The lowest BCUT2D eigenvalue weighted by atomic mass is 9.97. The highest BCUT2D eigenvalue weighted by molar-refractivity contribution is 5.82. The summed E-state index contributed by atoms with van der Waals surface area (Å²) in [6.07, 6.45) is -4.06. The predicted octanol–water partition coefficient (Wildman–Crippen LogP) is 5.20. The van der Waals surface area contributed by atoms with Crippen LogP contribution in [0.4, 0.5) is 17.6 Å². The van der Waals surface area contributed by atoms with Gasteiger partial charge >= 0.3 is 6.36 Å². The van der Waals surface area contributed by atoms with Crippen LogP contribution < -0.4 is 9.47 Å². The van der Waals surface area contributed by atoms with Crippen LogP contribution in [0.15, 0.2) is 43.0 Å². The molecular formula is C23H25F4NO3. The van der Waals surface area contributed by atoms with Gasteiger partial charge in [-0.1, -0.05) is 12.6 Å². The minimum absolute atomic E-state index is 0.360. The van der Waals surface area contributed by atoms with Crippen LogP contribution in [0.3, 0.4) is 0 Å². The van der Waals surface area contributed by atoms with Crippen molar-refractivity contribution in [3.05, 3.63) is 65.5 Å². The van der Waals surface area contributed by atoms with Gasteiger partial charge in [-0.15, -0.1) is 13.2 Å². The predicted molar refractivity (Wildman–Crippen MR) is 110 cm³/mol.